The number of hydrogen-bond acceptors (Lipinski definition) is 4. The van der Waals surface area contributed by atoms with Gasteiger partial charge < -0.3 is 5.32 Å². The van der Waals surface area contributed by atoms with Crippen molar-refractivity contribution in [3.8, 4) is 0 Å². The highest BCUT2D eigenvalue weighted by molar-refractivity contribution is 6.30. The molecule has 25 heavy (non-hydrogen) atoms. The summed E-state index contributed by atoms with van der Waals surface area (Å²) >= 11 is 0. The van der Waals surface area contributed by atoms with Gasteiger partial charge >= 0.3 is 0 Å². The van der Waals surface area contributed by atoms with Gasteiger partial charge in [-0.1, -0.05) is 44.5 Å². The van der Waals surface area contributed by atoms with Gasteiger partial charge in [-0.05, 0) is 36.6 Å². The molecule has 0 aliphatic carbocycles. The van der Waals surface area contributed by atoms with E-state index < -0.39 is 0 Å². The van der Waals surface area contributed by atoms with Crippen molar-refractivity contribution in [2.24, 2.45) is 5.10 Å². The first-order valence-corrected chi connectivity index (χ1v) is 8.62. The number of amides is 1. The van der Waals surface area contributed by atoms with Gasteiger partial charge in [0.25, 0.3) is 5.91 Å². The third kappa shape index (κ3) is 3.60. The zero-order valence-corrected chi connectivity index (χ0v) is 14.6. The second-order valence-corrected chi connectivity index (χ2v) is 5.81. The molecule has 0 saturated carbocycles. The van der Waals surface area contributed by atoms with E-state index in [1.807, 2.05) is 30.3 Å². The van der Waals surface area contributed by atoms with Gasteiger partial charge in [-0.3, -0.25) is 4.79 Å². The first-order valence-electron chi connectivity index (χ1n) is 8.62. The molecule has 5 nitrogen and oxygen atoms in total. The lowest BCUT2D eigenvalue weighted by Crippen LogP contribution is -2.22. The molecular formula is C20H22N4O. The Kier molecular flexibility index (Phi) is 5.23. The number of rotatable bonds is 6. The molecule has 1 aromatic carbocycles. The molecule has 0 fully saturated rings. The quantitative estimate of drug-likeness (QED) is 0.808. The van der Waals surface area contributed by atoms with Crippen LogP contribution in [0.5, 0.6) is 0 Å². The van der Waals surface area contributed by atoms with Crippen molar-refractivity contribution in [3.05, 3.63) is 66.0 Å². The number of pyridine rings is 1. The number of aryl methyl sites for hydroxylation is 1. The molecule has 1 amide bonds. The first kappa shape index (κ1) is 16.9. The highest BCUT2D eigenvalue weighted by Gasteiger charge is 2.31. The zero-order valence-electron chi connectivity index (χ0n) is 14.6. The van der Waals surface area contributed by atoms with Crippen molar-refractivity contribution >= 4 is 23.1 Å². The van der Waals surface area contributed by atoms with E-state index in [1.54, 1.807) is 18.5 Å². The van der Waals surface area contributed by atoms with Crippen molar-refractivity contribution in [1.82, 2.24) is 4.98 Å². The third-order valence-corrected chi connectivity index (χ3v) is 4.08. The molecule has 2 heterocycles. The zero-order chi connectivity index (χ0) is 17.6. The topological polar surface area (TPSA) is 57.6 Å². The van der Waals surface area contributed by atoms with Gasteiger partial charge in [0.2, 0.25) is 0 Å². The smallest absolute Gasteiger partial charge is 0.283 e. The molecule has 0 radical (unpaired) electrons. The number of anilines is 2. The number of hydrazone groups is 1. The molecule has 2 aromatic rings. The number of aromatic nitrogens is 1. The van der Waals surface area contributed by atoms with Crippen LogP contribution in [0.3, 0.4) is 0 Å². The number of nitrogens with one attached hydrogen (secondary N) is 1. The minimum absolute atomic E-state index is 0.149. The highest BCUT2D eigenvalue weighted by Crippen LogP contribution is 2.24. The fraction of sp³-hybridized carbons (Fsp3) is 0.250. The molecule has 0 bridgehead atoms. The van der Waals surface area contributed by atoms with Crippen molar-refractivity contribution in [1.29, 1.82) is 0 Å². The lowest BCUT2D eigenvalue weighted by molar-refractivity contribution is -0.114. The van der Waals surface area contributed by atoms with Crippen LogP contribution in [0.2, 0.25) is 0 Å². The van der Waals surface area contributed by atoms with Crippen LogP contribution in [0, 0.1) is 0 Å². The maximum absolute atomic E-state index is 12.8. The van der Waals surface area contributed by atoms with E-state index in [2.05, 4.69) is 35.3 Å². The molecular weight excluding hydrogens is 312 g/mol. The van der Waals surface area contributed by atoms with Crippen LogP contribution < -0.4 is 10.3 Å². The summed E-state index contributed by atoms with van der Waals surface area (Å²) in [5.41, 5.74) is 3.61. The molecule has 1 N–H and O–H groups in total. The number of benzene rings is 1. The standard InChI is InChI=1S/C20H22N4O/c1-3-9-18-16(14-22-17-11-6-5-10-15(17)4-2)20(25)24(23-18)19-12-7-8-13-21-19/h5-8,10-14,22H,3-4,9H2,1-2H3. The molecule has 3 rings (SSSR count). The van der Waals surface area contributed by atoms with Crippen molar-refractivity contribution < 1.29 is 4.79 Å². The summed E-state index contributed by atoms with van der Waals surface area (Å²) in [5, 5.41) is 9.16. The summed E-state index contributed by atoms with van der Waals surface area (Å²) in [5.74, 6) is 0.391. The van der Waals surface area contributed by atoms with Gasteiger partial charge in [0.1, 0.15) is 0 Å². The Morgan fingerprint density at radius 1 is 1.12 bits per heavy atom. The Labute approximate surface area is 148 Å². The van der Waals surface area contributed by atoms with Crippen molar-refractivity contribution in [2.45, 2.75) is 33.1 Å². The average molecular weight is 334 g/mol. The molecule has 5 heteroatoms. The maximum atomic E-state index is 12.8. The summed E-state index contributed by atoms with van der Waals surface area (Å²) in [6.07, 6.45) is 6.03. The Bertz CT molecular complexity index is 811. The summed E-state index contributed by atoms with van der Waals surface area (Å²) in [6.45, 7) is 4.19. The predicted molar refractivity (Wildman–Crippen MR) is 102 cm³/mol. The van der Waals surface area contributed by atoms with Crippen molar-refractivity contribution in [3.63, 3.8) is 0 Å². The first-order chi connectivity index (χ1) is 12.2. The van der Waals surface area contributed by atoms with Gasteiger partial charge in [-0.15, -0.1) is 0 Å². The van der Waals surface area contributed by atoms with Crippen LogP contribution in [-0.2, 0) is 11.2 Å². The van der Waals surface area contributed by atoms with Crippen LogP contribution in [0.4, 0.5) is 11.5 Å². The summed E-state index contributed by atoms with van der Waals surface area (Å²) in [7, 11) is 0. The van der Waals surface area contributed by atoms with Gasteiger partial charge in [0.15, 0.2) is 5.82 Å². The molecule has 1 aromatic heterocycles. The van der Waals surface area contributed by atoms with E-state index >= 15 is 0 Å². The number of carbonyl (C=O) groups excluding carboxylic acids is 1. The van der Waals surface area contributed by atoms with Crippen LogP contribution in [0.25, 0.3) is 0 Å². The van der Waals surface area contributed by atoms with E-state index in [1.165, 1.54) is 10.6 Å². The molecule has 0 spiro atoms. The van der Waals surface area contributed by atoms with Crippen LogP contribution in [-0.4, -0.2) is 16.6 Å². The summed E-state index contributed by atoms with van der Waals surface area (Å²) in [4.78, 5) is 17.1. The molecule has 1 aliphatic heterocycles. The normalized spacial score (nSPS) is 15.6. The maximum Gasteiger partial charge on any atom is 0.283 e. The second kappa shape index (κ2) is 7.75. The fourth-order valence-electron chi connectivity index (χ4n) is 2.78. The summed E-state index contributed by atoms with van der Waals surface area (Å²) in [6, 6.07) is 13.6. The molecule has 0 unspecified atom stereocenters. The Morgan fingerprint density at radius 3 is 2.64 bits per heavy atom. The van der Waals surface area contributed by atoms with Gasteiger partial charge in [-0.2, -0.15) is 10.1 Å². The largest absolute Gasteiger partial charge is 0.361 e. The van der Waals surface area contributed by atoms with E-state index in [9.17, 15) is 4.79 Å². The monoisotopic (exact) mass is 334 g/mol. The van der Waals surface area contributed by atoms with Crippen LogP contribution >= 0.6 is 0 Å². The summed E-state index contributed by atoms with van der Waals surface area (Å²) < 4.78 is 0. The number of carbonyl (C=O) groups is 1. The Hall–Kier alpha value is -2.95. The molecule has 1 aliphatic rings. The van der Waals surface area contributed by atoms with Crippen LogP contribution in [0.15, 0.2) is 65.5 Å². The van der Waals surface area contributed by atoms with E-state index in [-0.39, 0.29) is 5.91 Å². The predicted octanol–water partition coefficient (Wildman–Crippen LogP) is 4.14. The lowest BCUT2D eigenvalue weighted by Gasteiger charge is -2.10. The van der Waals surface area contributed by atoms with Gasteiger partial charge in [-0.25, -0.2) is 4.98 Å². The fourth-order valence-corrected chi connectivity index (χ4v) is 2.78. The molecule has 0 saturated heterocycles. The minimum Gasteiger partial charge on any atom is -0.361 e. The SMILES string of the molecule is CCCC1=NN(c2ccccn2)C(=O)C1=CNc1ccccc1CC. The molecule has 128 valence electrons. The Balaban J connectivity index is 1.89. The number of hydrogen-bond donors (Lipinski definition) is 1. The highest BCUT2D eigenvalue weighted by atomic mass is 16.2. The lowest BCUT2D eigenvalue weighted by atomic mass is 10.1. The molecule has 0 atom stereocenters. The number of para-hydroxylation sites is 1. The minimum atomic E-state index is -0.149. The van der Waals surface area contributed by atoms with Gasteiger partial charge in [0, 0.05) is 18.1 Å². The van der Waals surface area contributed by atoms with E-state index in [0.717, 1.165) is 30.7 Å². The third-order valence-electron chi connectivity index (χ3n) is 4.08. The van der Waals surface area contributed by atoms with E-state index in [0.29, 0.717) is 11.4 Å². The van der Waals surface area contributed by atoms with Crippen molar-refractivity contribution in [2.75, 3.05) is 10.3 Å². The van der Waals surface area contributed by atoms with Crippen LogP contribution in [0.1, 0.15) is 32.3 Å². The van der Waals surface area contributed by atoms with E-state index in [4.69, 9.17) is 0 Å². The average Bonchev–Trinajstić information content (AvgIpc) is 2.97. The van der Waals surface area contributed by atoms with Gasteiger partial charge in [0.05, 0.1) is 11.3 Å². The second-order valence-electron chi connectivity index (χ2n) is 5.81. The number of nitrogens with zero attached hydrogens (tertiary/aromatic N) is 3. The Morgan fingerprint density at radius 2 is 1.92 bits per heavy atom.